The van der Waals surface area contributed by atoms with Crippen LogP contribution in [0.5, 0.6) is 0 Å². The molecular weight excluding hydrogens is 328 g/mol. The molecule has 134 valence electrons. The first-order valence-corrected chi connectivity index (χ1v) is 7.89. The topological polar surface area (TPSA) is 128 Å². The number of fused-ring (bicyclic) bond motifs is 1. The lowest BCUT2D eigenvalue weighted by molar-refractivity contribution is -0.234. The number of nitriles is 1. The van der Waals surface area contributed by atoms with E-state index >= 15 is 0 Å². The highest BCUT2D eigenvalue weighted by atomic mass is 16.6. The fourth-order valence-corrected chi connectivity index (χ4v) is 3.37. The number of para-hydroxylation sites is 1. The Balaban J connectivity index is 2.20. The zero-order valence-electron chi connectivity index (χ0n) is 13.6. The molecule has 25 heavy (non-hydrogen) atoms. The minimum atomic E-state index is -1.51. The van der Waals surface area contributed by atoms with E-state index in [0.717, 1.165) is 5.39 Å². The van der Waals surface area contributed by atoms with Gasteiger partial charge < -0.3 is 30.0 Å². The Hall–Kier alpha value is -2.15. The lowest BCUT2D eigenvalue weighted by atomic mass is 9.91. The van der Waals surface area contributed by atoms with Crippen molar-refractivity contribution in [3.05, 3.63) is 35.5 Å². The predicted octanol–water partition coefficient (Wildman–Crippen LogP) is -0.719. The minimum absolute atomic E-state index is 0.0429. The molecule has 2 heterocycles. The summed E-state index contributed by atoms with van der Waals surface area (Å²) in [5.74, 6) is 0. The third-order valence-corrected chi connectivity index (χ3v) is 4.58. The molecule has 0 radical (unpaired) electrons. The van der Waals surface area contributed by atoms with Crippen molar-refractivity contribution in [2.75, 3.05) is 13.7 Å². The molecule has 4 N–H and O–H groups in total. The molecule has 0 spiro atoms. The molecule has 2 aromatic rings. The van der Waals surface area contributed by atoms with Gasteiger partial charge in [0, 0.05) is 10.9 Å². The minimum Gasteiger partial charge on any atom is -0.417 e. The van der Waals surface area contributed by atoms with Crippen molar-refractivity contribution >= 4 is 10.9 Å². The summed E-state index contributed by atoms with van der Waals surface area (Å²) in [4.78, 5) is 5.43. The van der Waals surface area contributed by atoms with Crippen molar-refractivity contribution in [2.45, 2.75) is 36.9 Å². The van der Waals surface area contributed by atoms with Crippen molar-refractivity contribution in [2.24, 2.45) is 0 Å². The second kappa shape index (κ2) is 7.00. The molecule has 1 fully saturated rings. The number of hydrogen-bond acceptors (Lipinski definition) is 7. The average Bonchev–Trinajstić information content (AvgIpc) is 2.94. The summed E-state index contributed by atoms with van der Waals surface area (Å²) in [5.41, 5.74) is 1.66. The molecule has 0 aliphatic carbocycles. The first-order chi connectivity index (χ1) is 12.0. The maximum atomic E-state index is 10.4. The average molecular weight is 348 g/mol. The fourth-order valence-electron chi connectivity index (χ4n) is 3.37. The van der Waals surface area contributed by atoms with E-state index in [0.29, 0.717) is 16.8 Å². The van der Waals surface area contributed by atoms with Gasteiger partial charge in [-0.1, -0.05) is 18.2 Å². The molecule has 0 saturated carbocycles. The van der Waals surface area contributed by atoms with Crippen molar-refractivity contribution in [3.63, 3.8) is 0 Å². The van der Waals surface area contributed by atoms with Crippen molar-refractivity contribution in [1.82, 2.24) is 4.73 Å². The molecule has 5 atom stereocenters. The van der Waals surface area contributed by atoms with Crippen LogP contribution in [0.15, 0.2) is 24.3 Å². The van der Waals surface area contributed by atoms with Crippen LogP contribution in [0, 0.1) is 11.3 Å². The SMILES string of the molecule is COn1c(C2OC(CO)C(O)C(O)C2O)c(CC#N)c2ccccc21. The number of ether oxygens (including phenoxy) is 1. The third kappa shape index (κ3) is 2.76. The molecule has 0 bridgehead atoms. The van der Waals surface area contributed by atoms with E-state index in [2.05, 4.69) is 6.07 Å². The molecule has 5 unspecified atom stereocenters. The van der Waals surface area contributed by atoms with Gasteiger partial charge in [-0.3, -0.25) is 0 Å². The summed E-state index contributed by atoms with van der Waals surface area (Å²) in [6, 6.07) is 9.34. The molecule has 8 heteroatoms. The second-order valence-electron chi connectivity index (χ2n) is 5.94. The van der Waals surface area contributed by atoms with Crippen molar-refractivity contribution in [1.29, 1.82) is 5.26 Å². The lowest BCUT2D eigenvalue weighted by Crippen LogP contribution is -2.55. The standard InChI is InChI=1S/C17H20N2O6/c1-24-19-11-5-3-2-4-9(11)10(6-7-18)13(19)17-16(23)15(22)14(21)12(8-20)25-17/h2-5,12,14-17,20-23H,6,8H2,1H3. The normalized spacial score (nSPS) is 29.5. The van der Waals surface area contributed by atoms with Gasteiger partial charge in [0.25, 0.3) is 0 Å². The predicted molar refractivity (Wildman–Crippen MR) is 86.5 cm³/mol. The Morgan fingerprint density at radius 3 is 2.56 bits per heavy atom. The first kappa shape index (κ1) is 17.7. The monoisotopic (exact) mass is 348 g/mol. The smallest absolute Gasteiger partial charge is 0.130 e. The van der Waals surface area contributed by atoms with Gasteiger partial charge in [0.15, 0.2) is 0 Å². The summed E-state index contributed by atoms with van der Waals surface area (Å²) in [6.45, 7) is -0.526. The van der Waals surface area contributed by atoms with Gasteiger partial charge in [0.1, 0.15) is 37.6 Å². The van der Waals surface area contributed by atoms with E-state index < -0.39 is 37.1 Å². The van der Waals surface area contributed by atoms with Crippen molar-refractivity contribution < 1.29 is 30.0 Å². The van der Waals surface area contributed by atoms with E-state index in [1.54, 1.807) is 6.07 Å². The van der Waals surface area contributed by atoms with Gasteiger partial charge in [0.2, 0.25) is 0 Å². The Bertz CT molecular complexity index is 796. The van der Waals surface area contributed by atoms with E-state index in [-0.39, 0.29) is 6.42 Å². The van der Waals surface area contributed by atoms with Gasteiger partial charge in [-0.2, -0.15) is 9.99 Å². The molecule has 1 saturated heterocycles. The van der Waals surface area contributed by atoms with Gasteiger partial charge >= 0.3 is 0 Å². The van der Waals surface area contributed by atoms with E-state index in [9.17, 15) is 25.7 Å². The number of aliphatic hydroxyl groups is 4. The fraction of sp³-hybridized carbons (Fsp3) is 0.471. The van der Waals surface area contributed by atoms with Crippen LogP contribution in [0.2, 0.25) is 0 Å². The largest absolute Gasteiger partial charge is 0.417 e. The number of hydrogen-bond donors (Lipinski definition) is 4. The zero-order chi connectivity index (χ0) is 18.1. The molecule has 1 aliphatic rings. The maximum Gasteiger partial charge on any atom is 0.130 e. The molecule has 1 aliphatic heterocycles. The van der Waals surface area contributed by atoms with Gasteiger partial charge in [-0.05, 0) is 6.07 Å². The van der Waals surface area contributed by atoms with Crippen LogP contribution in [-0.4, -0.2) is 63.3 Å². The summed E-state index contributed by atoms with van der Waals surface area (Å²) in [5, 5.41) is 49.9. The molecule has 1 aromatic carbocycles. The van der Waals surface area contributed by atoms with E-state index in [1.165, 1.54) is 11.8 Å². The highest BCUT2D eigenvalue weighted by Gasteiger charge is 2.46. The van der Waals surface area contributed by atoms with Crippen LogP contribution in [-0.2, 0) is 11.2 Å². The summed E-state index contributed by atoms with van der Waals surface area (Å²) in [7, 11) is 1.44. The van der Waals surface area contributed by atoms with Gasteiger partial charge in [-0.15, -0.1) is 0 Å². The molecule has 8 nitrogen and oxygen atoms in total. The van der Waals surface area contributed by atoms with Crippen LogP contribution < -0.4 is 4.84 Å². The zero-order valence-corrected chi connectivity index (χ0v) is 13.6. The third-order valence-electron chi connectivity index (χ3n) is 4.58. The van der Waals surface area contributed by atoms with Gasteiger partial charge in [-0.25, -0.2) is 0 Å². The summed E-state index contributed by atoms with van der Waals surface area (Å²) >= 11 is 0. The van der Waals surface area contributed by atoms with Crippen LogP contribution in [0.25, 0.3) is 10.9 Å². The number of aliphatic hydroxyl groups excluding tert-OH is 4. The number of nitrogens with zero attached hydrogens (tertiary/aromatic N) is 2. The molecule has 1 aromatic heterocycles. The summed E-state index contributed by atoms with van der Waals surface area (Å²) in [6.07, 6.45) is -6.48. The molecule has 3 rings (SSSR count). The second-order valence-corrected chi connectivity index (χ2v) is 5.94. The Kier molecular flexibility index (Phi) is 4.94. The quantitative estimate of drug-likeness (QED) is 0.574. The van der Waals surface area contributed by atoms with Crippen LogP contribution >= 0.6 is 0 Å². The lowest BCUT2D eigenvalue weighted by Gasteiger charge is -2.40. The Labute approximate surface area is 144 Å². The van der Waals surface area contributed by atoms with Crippen LogP contribution in [0.4, 0.5) is 0 Å². The highest BCUT2D eigenvalue weighted by Crippen LogP contribution is 2.38. The molecule has 0 amide bonds. The summed E-state index contributed by atoms with van der Waals surface area (Å²) < 4.78 is 7.09. The first-order valence-electron chi connectivity index (χ1n) is 7.89. The van der Waals surface area contributed by atoms with Gasteiger partial charge in [0.05, 0.1) is 30.3 Å². The van der Waals surface area contributed by atoms with Crippen molar-refractivity contribution in [3.8, 4) is 6.07 Å². The van der Waals surface area contributed by atoms with E-state index in [4.69, 9.17) is 9.57 Å². The molecular formula is C17H20N2O6. The number of rotatable bonds is 4. The maximum absolute atomic E-state index is 10.4. The van der Waals surface area contributed by atoms with E-state index in [1.807, 2.05) is 18.2 Å². The number of benzene rings is 1. The Morgan fingerprint density at radius 2 is 1.92 bits per heavy atom. The number of aromatic nitrogens is 1. The Morgan fingerprint density at radius 1 is 1.20 bits per heavy atom. The van der Waals surface area contributed by atoms with Crippen LogP contribution in [0.1, 0.15) is 17.4 Å². The highest BCUT2D eigenvalue weighted by molar-refractivity contribution is 5.85. The van der Waals surface area contributed by atoms with Crippen LogP contribution in [0.3, 0.4) is 0 Å².